The SMILES string of the molecule is COC(=O)c1cc([N+](=O)[O-])ccc1-c1cn(CCCC(NC(=O)OCc2ccccc2)C(=O)OC)nn1. The lowest BCUT2D eigenvalue weighted by Crippen LogP contribution is -2.41. The van der Waals surface area contributed by atoms with Gasteiger partial charge in [-0.3, -0.25) is 14.8 Å². The van der Waals surface area contributed by atoms with Crippen molar-refractivity contribution >= 4 is 23.7 Å². The summed E-state index contributed by atoms with van der Waals surface area (Å²) in [6.07, 6.45) is 1.44. The van der Waals surface area contributed by atoms with Gasteiger partial charge in [0.25, 0.3) is 5.69 Å². The number of aryl methyl sites for hydroxylation is 1. The lowest BCUT2D eigenvalue weighted by molar-refractivity contribution is -0.384. The summed E-state index contributed by atoms with van der Waals surface area (Å²) in [6, 6.07) is 11.9. The minimum atomic E-state index is -0.933. The molecule has 13 heteroatoms. The third-order valence-electron chi connectivity index (χ3n) is 5.30. The number of carbonyl (C=O) groups is 3. The molecule has 1 heterocycles. The minimum absolute atomic E-state index is 0.0206. The Bertz CT molecular complexity index is 1260. The summed E-state index contributed by atoms with van der Waals surface area (Å²) in [5.74, 6) is -1.37. The van der Waals surface area contributed by atoms with Crippen molar-refractivity contribution in [1.29, 1.82) is 0 Å². The van der Waals surface area contributed by atoms with Crippen LogP contribution in [0.15, 0.2) is 54.7 Å². The number of amides is 1. The van der Waals surface area contributed by atoms with E-state index in [4.69, 9.17) is 14.2 Å². The number of non-ortho nitro benzene ring substituents is 1. The number of alkyl carbamates (subject to hydrolysis) is 1. The van der Waals surface area contributed by atoms with Crippen LogP contribution in [0.2, 0.25) is 0 Å². The number of nitro groups is 1. The highest BCUT2D eigenvalue weighted by atomic mass is 16.6. The number of methoxy groups -OCH3 is 2. The first-order chi connectivity index (χ1) is 17.8. The maximum atomic E-state index is 12.2. The molecule has 0 spiro atoms. The van der Waals surface area contributed by atoms with Crippen molar-refractivity contribution in [2.24, 2.45) is 0 Å². The zero-order valence-corrected chi connectivity index (χ0v) is 20.2. The van der Waals surface area contributed by atoms with Crippen molar-refractivity contribution in [2.75, 3.05) is 14.2 Å². The molecule has 1 atom stereocenters. The smallest absolute Gasteiger partial charge is 0.408 e. The van der Waals surface area contributed by atoms with Crippen molar-refractivity contribution in [3.63, 3.8) is 0 Å². The van der Waals surface area contributed by atoms with E-state index in [-0.39, 0.29) is 24.3 Å². The maximum Gasteiger partial charge on any atom is 0.408 e. The quantitative estimate of drug-likeness (QED) is 0.175. The van der Waals surface area contributed by atoms with Crippen LogP contribution in [0.1, 0.15) is 28.8 Å². The van der Waals surface area contributed by atoms with Gasteiger partial charge in [-0.2, -0.15) is 0 Å². The monoisotopic (exact) mass is 511 g/mol. The second kappa shape index (κ2) is 12.8. The standard InChI is InChI=1S/C24H25N5O8/c1-35-22(30)19-13-17(29(33)34)10-11-18(19)21-14-28(27-26-21)12-6-9-20(23(31)36-2)25-24(32)37-15-16-7-4-3-5-8-16/h3-5,7-8,10-11,13-14,20H,6,9,12,15H2,1-2H3,(H,25,32). The summed E-state index contributed by atoms with van der Waals surface area (Å²) >= 11 is 0. The largest absolute Gasteiger partial charge is 0.467 e. The first-order valence-electron chi connectivity index (χ1n) is 11.1. The Morgan fingerprint density at radius 2 is 1.86 bits per heavy atom. The topological polar surface area (TPSA) is 165 Å². The number of nitrogens with one attached hydrogen (secondary N) is 1. The van der Waals surface area contributed by atoms with Gasteiger partial charge in [-0.05, 0) is 24.5 Å². The Morgan fingerprint density at radius 3 is 2.54 bits per heavy atom. The van der Waals surface area contributed by atoms with E-state index < -0.39 is 29.0 Å². The maximum absolute atomic E-state index is 12.2. The number of benzene rings is 2. The fourth-order valence-electron chi connectivity index (χ4n) is 3.43. The highest BCUT2D eigenvalue weighted by molar-refractivity contribution is 5.97. The first kappa shape index (κ1) is 26.8. The molecule has 0 aliphatic carbocycles. The molecule has 37 heavy (non-hydrogen) atoms. The third kappa shape index (κ3) is 7.34. The summed E-state index contributed by atoms with van der Waals surface area (Å²) < 4.78 is 16.2. The summed E-state index contributed by atoms with van der Waals surface area (Å²) in [5.41, 5.74) is 1.15. The van der Waals surface area contributed by atoms with E-state index in [1.807, 2.05) is 30.3 Å². The van der Waals surface area contributed by atoms with Crippen LogP contribution < -0.4 is 5.32 Å². The minimum Gasteiger partial charge on any atom is -0.467 e. The van der Waals surface area contributed by atoms with Crippen molar-refractivity contribution in [2.45, 2.75) is 32.0 Å². The molecule has 1 N–H and O–H groups in total. The summed E-state index contributed by atoms with van der Waals surface area (Å²) in [4.78, 5) is 46.9. The molecule has 0 bridgehead atoms. The van der Waals surface area contributed by atoms with Crippen molar-refractivity contribution in [3.8, 4) is 11.3 Å². The Labute approximate surface area is 211 Å². The van der Waals surface area contributed by atoms with Gasteiger partial charge >= 0.3 is 18.0 Å². The van der Waals surface area contributed by atoms with Crippen LogP contribution in [0.3, 0.4) is 0 Å². The lowest BCUT2D eigenvalue weighted by atomic mass is 10.0. The van der Waals surface area contributed by atoms with Gasteiger partial charge in [0.15, 0.2) is 0 Å². The molecule has 0 aliphatic rings. The predicted octanol–water partition coefficient (Wildman–Crippen LogP) is 2.89. The molecule has 1 aromatic heterocycles. The van der Waals surface area contributed by atoms with E-state index in [1.54, 1.807) is 6.20 Å². The van der Waals surface area contributed by atoms with E-state index in [1.165, 1.54) is 31.0 Å². The zero-order valence-electron chi connectivity index (χ0n) is 20.2. The first-order valence-corrected chi connectivity index (χ1v) is 11.1. The fourth-order valence-corrected chi connectivity index (χ4v) is 3.43. The van der Waals surface area contributed by atoms with E-state index in [9.17, 15) is 24.5 Å². The van der Waals surface area contributed by atoms with Crippen LogP contribution in [-0.4, -0.2) is 58.2 Å². The number of hydrogen-bond acceptors (Lipinski definition) is 10. The fraction of sp³-hybridized carbons (Fsp3) is 0.292. The van der Waals surface area contributed by atoms with Gasteiger partial charge in [0.2, 0.25) is 0 Å². The molecule has 1 amide bonds. The molecule has 0 fully saturated rings. The predicted molar refractivity (Wildman–Crippen MR) is 128 cm³/mol. The summed E-state index contributed by atoms with van der Waals surface area (Å²) in [5, 5.41) is 21.6. The van der Waals surface area contributed by atoms with Crippen molar-refractivity contribution in [1.82, 2.24) is 20.3 Å². The number of carbonyl (C=O) groups excluding carboxylic acids is 3. The van der Waals surface area contributed by atoms with Crippen LogP contribution in [0, 0.1) is 10.1 Å². The Kier molecular flexibility index (Phi) is 9.24. The number of rotatable bonds is 11. The van der Waals surface area contributed by atoms with Crippen LogP contribution in [0.4, 0.5) is 10.5 Å². The molecule has 0 radical (unpaired) electrons. The normalized spacial score (nSPS) is 11.3. The Hall–Kier alpha value is -4.81. The molecule has 0 aliphatic heterocycles. The zero-order chi connectivity index (χ0) is 26.8. The molecular formula is C24H25N5O8. The molecular weight excluding hydrogens is 486 g/mol. The van der Waals surface area contributed by atoms with Gasteiger partial charge in [-0.15, -0.1) is 5.10 Å². The molecule has 2 aromatic carbocycles. The highest BCUT2D eigenvalue weighted by Crippen LogP contribution is 2.26. The second-order valence-corrected chi connectivity index (χ2v) is 7.77. The Balaban J connectivity index is 1.61. The second-order valence-electron chi connectivity index (χ2n) is 7.77. The molecule has 1 unspecified atom stereocenters. The van der Waals surface area contributed by atoms with Crippen LogP contribution in [0.5, 0.6) is 0 Å². The van der Waals surface area contributed by atoms with Crippen LogP contribution in [0.25, 0.3) is 11.3 Å². The van der Waals surface area contributed by atoms with E-state index in [0.29, 0.717) is 24.2 Å². The molecule has 3 aromatic rings. The average molecular weight is 511 g/mol. The lowest BCUT2D eigenvalue weighted by Gasteiger charge is -2.16. The molecule has 0 saturated carbocycles. The number of nitrogens with zero attached hydrogens (tertiary/aromatic N) is 4. The molecule has 13 nitrogen and oxygen atoms in total. The van der Waals surface area contributed by atoms with Gasteiger partial charge in [-0.1, -0.05) is 35.5 Å². The van der Waals surface area contributed by atoms with E-state index in [2.05, 4.69) is 15.6 Å². The molecule has 3 rings (SSSR count). The third-order valence-corrected chi connectivity index (χ3v) is 5.30. The number of nitro benzene ring substituents is 1. The molecule has 194 valence electrons. The number of esters is 2. The van der Waals surface area contributed by atoms with Gasteiger partial charge in [0, 0.05) is 24.2 Å². The number of aromatic nitrogens is 3. The van der Waals surface area contributed by atoms with Gasteiger partial charge < -0.3 is 19.5 Å². The summed E-state index contributed by atoms with van der Waals surface area (Å²) in [7, 11) is 2.39. The van der Waals surface area contributed by atoms with Crippen LogP contribution in [-0.2, 0) is 32.2 Å². The van der Waals surface area contributed by atoms with E-state index in [0.717, 1.165) is 11.6 Å². The van der Waals surface area contributed by atoms with E-state index >= 15 is 0 Å². The number of ether oxygens (including phenoxy) is 3. The van der Waals surface area contributed by atoms with Crippen molar-refractivity contribution in [3.05, 3.63) is 76.0 Å². The number of hydrogen-bond donors (Lipinski definition) is 1. The van der Waals surface area contributed by atoms with Gasteiger partial charge in [0.1, 0.15) is 18.3 Å². The van der Waals surface area contributed by atoms with Crippen LogP contribution >= 0.6 is 0 Å². The van der Waals surface area contributed by atoms with Gasteiger partial charge in [0.05, 0.1) is 30.9 Å². The highest BCUT2D eigenvalue weighted by Gasteiger charge is 2.23. The summed E-state index contributed by atoms with van der Waals surface area (Å²) in [6.45, 7) is 0.375. The van der Waals surface area contributed by atoms with Crippen molar-refractivity contribution < 1.29 is 33.5 Å². The Morgan fingerprint density at radius 1 is 1.11 bits per heavy atom. The molecule has 0 saturated heterocycles. The average Bonchev–Trinajstić information content (AvgIpc) is 3.39. The van der Waals surface area contributed by atoms with Gasteiger partial charge in [-0.25, -0.2) is 14.4 Å².